The molecule has 0 spiro atoms. The lowest BCUT2D eigenvalue weighted by molar-refractivity contribution is 0.103. The van der Waals surface area contributed by atoms with Crippen LogP contribution in [0.3, 0.4) is 0 Å². The Kier molecular flexibility index (Phi) is 2.68. The van der Waals surface area contributed by atoms with E-state index in [1.807, 2.05) is 0 Å². The van der Waals surface area contributed by atoms with Crippen LogP contribution in [-0.2, 0) is 0 Å². The highest BCUT2D eigenvalue weighted by atomic mass is 19.1. The molecule has 2 heterocycles. The van der Waals surface area contributed by atoms with Gasteiger partial charge in [-0.1, -0.05) is 0 Å². The minimum atomic E-state index is -0.723. The summed E-state index contributed by atoms with van der Waals surface area (Å²) < 4.78 is 25.8. The number of halogens is 2. The number of carbonyl (C=O) groups excluding carboxylic acids is 1. The summed E-state index contributed by atoms with van der Waals surface area (Å²) in [5.41, 5.74) is -0.138. The second-order valence-corrected chi connectivity index (χ2v) is 3.05. The van der Waals surface area contributed by atoms with Crippen molar-refractivity contribution in [2.24, 2.45) is 0 Å². The van der Waals surface area contributed by atoms with Gasteiger partial charge in [0.1, 0.15) is 11.5 Å². The Hall–Kier alpha value is -2.17. The first-order valence-electron chi connectivity index (χ1n) is 4.44. The van der Waals surface area contributed by atoms with Crippen molar-refractivity contribution in [2.45, 2.75) is 0 Å². The lowest BCUT2D eigenvalue weighted by Gasteiger charge is -2.00. The smallest absolute Gasteiger partial charge is 0.214 e. The van der Waals surface area contributed by atoms with Gasteiger partial charge >= 0.3 is 0 Å². The van der Waals surface area contributed by atoms with Crippen LogP contribution in [0.1, 0.15) is 16.1 Å². The van der Waals surface area contributed by atoms with Gasteiger partial charge in [-0.25, -0.2) is 13.8 Å². The van der Waals surface area contributed by atoms with Crippen molar-refractivity contribution >= 4 is 5.78 Å². The maximum absolute atomic E-state index is 13.2. The van der Waals surface area contributed by atoms with E-state index in [1.54, 1.807) is 0 Å². The zero-order chi connectivity index (χ0) is 11.5. The first kappa shape index (κ1) is 10.4. The molecule has 0 unspecified atom stereocenters. The van der Waals surface area contributed by atoms with Gasteiger partial charge in [0.05, 0.1) is 18.0 Å². The molecular weight excluding hydrogens is 214 g/mol. The van der Waals surface area contributed by atoms with Gasteiger partial charge in [-0.15, -0.1) is 0 Å². The van der Waals surface area contributed by atoms with Crippen LogP contribution >= 0.6 is 0 Å². The Bertz CT molecular complexity index is 526. The van der Waals surface area contributed by atoms with Crippen molar-refractivity contribution in [2.75, 3.05) is 0 Å². The van der Waals surface area contributed by atoms with Gasteiger partial charge in [0.15, 0.2) is 5.82 Å². The number of rotatable bonds is 2. The van der Waals surface area contributed by atoms with Crippen LogP contribution in [0.4, 0.5) is 8.78 Å². The van der Waals surface area contributed by atoms with E-state index in [-0.39, 0.29) is 11.3 Å². The molecule has 0 aliphatic heterocycles. The number of hydrogen-bond acceptors (Lipinski definition) is 3. The van der Waals surface area contributed by atoms with Crippen molar-refractivity contribution in [1.29, 1.82) is 0 Å². The maximum Gasteiger partial charge on any atom is 0.214 e. The summed E-state index contributed by atoms with van der Waals surface area (Å²) in [4.78, 5) is 18.8. The molecule has 3 nitrogen and oxygen atoms in total. The monoisotopic (exact) mass is 220 g/mol. The summed E-state index contributed by atoms with van der Waals surface area (Å²) in [6.45, 7) is 0. The zero-order valence-electron chi connectivity index (χ0n) is 8.02. The molecule has 16 heavy (non-hydrogen) atoms. The van der Waals surface area contributed by atoms with Crippen LogP contribution in [0.2, 0.25) is 0 Å². The molecule has 80 valence electrons. The predicted octanol–water partition coefficient (Wildman–Crippen LogP) is 1.99. The molecule has 0 atom stereocenters. The van der Waals surface area contributed by atoms with Crippen LogP contribution in [0, 0.1) is 11.6 Å². The average Bonchev–Trinajstić information content (AvgIpc) is 2.30. The number of pyridine rings is 2. The molecular formula is C11H6F2N2O. The third kappa shape index (κ3) is 1.93. The van der Waals surface area contributed by atoms with E-state index in [9.17, 15) is 13.6 Å². The SMILES string of the molecule is O=C(c1ccc(F)cn1)c1ccncc1F. The summed E-state index contributed by atoms with van der Waals surface area (Å²) in [7, 11) is 0. The van der Waals surface area contributed by atoms with E-state index in [0.29, 0.717) is 0 Å². The fourth-order valence-corrected chi connectivity index (χ4v) is 1.21. The molecule has 0 radical (unpaired) electrons. The van der Waals surface area contributed by atoms with Crippen molar-refractivity contribution in [3.05, 3.63) is 59.7 Å². The Morgan fingerprint density at radius 1 is 1.12 bits per heavy atom. The summed E-state index contributed by atoms with van der Waals surface area (Å²) >= 11 is 0. The third-order valence-electron chi connectivity index (χ3n) is 1.98. The second-order valence-electron chi connectivity index (χ2n) is 3.05. The molecule has 0 aliphatic carbocycles. The fraction of sp³-hybridized carbons (Fsp3) is 0. The molecule has 0 amide bonds. The minimum absolute atomic E-state index is 0.00787. The first-order valence-corrected chi connectivity index (χ1v) is 4.44. The lowest BCUT2D eigenvalue weighted by atomic mass is 10.1. The van der Waals surface area contributed by atoms with E-state index >= 15 is 0 Å². The second kappa shape index (κ2) is 4.14. The van der Waals surface area contributed by atoms with Crippen LogP contribution in [0.5, 0.6) is 0 Å². The van der Waals surface area contributed by atoms with Gasteiger partial charge in [0.25, 0.3) is 0 Å². The summed E-state index contributed by atoms with van der Waals surface area (Å²) in [5.74, 6) is -1.87. The van der Waals surface area contributed by atoms with Gasteiger partial charge in [0.2, 0.25) is 5.78 Å². The molecule has 0 fully saturated rings. The van der Waals surface area contributed by atoms with Gasteiger partial charge in [-0.2, -0.15) is 0 Å². The van der Waals surface area contributed by atoms with E-state index in [0.717, 1.165) is 18.5 Å². The topological polar surface area (TPSA) is 42.9 Å². The standard InChI is InChI=1S/C11H6F2N2O/c12-7-1-2-10(15-5-7)11(16)8-3-4-14-6-9(8)13/h1-6H. The summed E-state index contributed by atoms with van der Waals surface area (Å²) in [6.07, 6.45) is 3.16. The quantitative estimate of drug-likeness (QED) is 0.727. The number of aromatic nitrogens is 2. The van der Waals surface area contributed by atoms with Crippen molar-refractivity contribution in [3.63, 3.8) is 0 Å². The van der Waals surface area contributed by atoms with Gasteiger partial charge in [-0.3, -0.25) is 9.78 Å². The molecule has 0 saturated heterocycles. The fourth-order valence-electron chi connectivity index (χ4n) is 1.21. The van der Waals surface area contributed by atoms with Gasteiger partial charge < -0.3 is 0 Å². The maximum atomic E-state index is 13.2. The largest absolute Gasteiger partial charge is 0.287 e. The van der Waals surface area contributed by atoms with E-state index in [1.165, 1.54) is 18.3 Å². The molecule has 2 aromatic rings. The molecule has 0 saturated carbocycles. The van der Waals surface area contributed by atoms with Crippen molar-refractivity contribution in [3.8, 4) is 0 Å². The third-order valence-corrected chi connectivity index (χ3v) is 1.98. The van der Waals surface area contributed by atoms with Gasteiger partial charge in [-0.05, 0) is 18.2 Å². The van der Waals surface area contributed by atoms with Crippen molar-refractivity contribution < 1.29 is 13.6 Å². The highest BCUT2D eigenvalue weighted by Crippen LogP contribution is 2.10. The van der Waals surface area contributed by atoms with Crippen LogP contribution in [0.15, 0.2) is 36.8 Å². The highest BCUT2D eigenvalue weighted by Gasteiger charge is 2.14. The molecule has 0 N–H and O–H groups in total. The Labute approximate surface area is 89.8 Å². The molecule has 0 aliphatic rings. The minimum Gasteiger partial charge on any atom is -0.287 e. The molecule has 0 aromatic carbocycles. The van der Waals surface area contributed by atoms with E-state index in [2.05, 4.69) is 9.97 Å². The summed E-state index contributed by atoms with van der Waals surface area (Å²) in [6, 6.07) is 3.56. The number of hydrogen-bond donors (Lipinski definition) is 0. The van der Waals surface area contributed by atoms with E-state index < -0.39 is 17.4 Å². The van der Waals surface area contributed by atoms with Crippen LogP contribution < -0.4 is 0 Å². The normalized spacial score (nSPS) is 10.1. The predicted molar refractivity (Wildman–Crippen MR) is 51.8 cm³/mol. The van der Waals surface area contributed by atoms with Crippen molar-refractivity contribution in [1.82, 2.24) is 9.97 Å². The molecule has 0 bridgehead atoms. The first-order chi connectivity index (χ1) is 7.68. The average molecular weight is 220 g/mol. The van der Waals surface area contributed by atoms with Gasteiger partial charge in [0, 0.05) is 6.20 Å². The zero-order valence-corrected chi connectivity index (χ0v) is 8.02. The van der Waals surface area contributed by atoms with E-state index in [4.69, 9.17) is 0 Å². The molecule has 2 rings (SSSR count). The molecule has 2 aromatic heterocycles. The van der Waals surface area contributed by atoms with Crippen LogP contribution in [-0.4, -0.2) is 15.8 Å². The number of nitrogens with zero attached hydrogens (tertiary/aromatic N) is 2. The molecule has 5 heteroatoms. The Balaban J connectivity index is 2.40. The highest BCUT2D eigenvalue weighted by molar-refractivity contribution is 6.07. The Morgan fingerprint density at radius 3 is 2.56 bits per heavy atom. The summed E-state index contributed by atoms with van der Waals surface area (Å²) in [5, 5.41) is 0. The lowest BCUT2D eigenvalue weighted by Crippen LogP contribution is -2.06. The number of ketones is 1. The number of carbonyl (C=O) groups is 1. The Morgan fingerprint density at radius 2 is 1.94 bits per heavy atom. The van der Waals surface area contributed by atoms with Crippen LogP contribution in [0.25, 0.3) is 0 Å².